The molecule has 0 aliphatic carbocycles. The maximum atomic E-state index is 13.7. The van der Waals surface area contributed by atoms with Crippen molar-refractivity contribution in [3.63, 3.8) is 0 Å². The van der Waals surface area contributed by atoms with Crippen molar-refractivity contribution in [1.82, 2.24) is 19.9 Å². The monoisotopic (exact) mass is 455 g/mol. The molecule has 2 aromatic heterocycles. The highest BCUT2D eigenvalue weighted by atomic mass is 16.5. The predicted molar refractivity (Wildman–Crippen MR) is 130 cm³/mol. The lowest BCUT2D eigenvalue weighted by atomic mass is 10.0. The van der Waals surface area contributed by atoms with Crippen LogP contribution >= 0.6 is 0 Å². The summed E-state index contributed by atoms with van der Waals surface area (Å²) in [4.78, 5) is 31.1. The van der Waals surface area contributed by atoms with E-state index >= 15 is 0 Å². The van der Waals surface area contributed by atoms with E-state index in [1.54, 1.807) is 32.8 Å². The number of aromatic nitrogens is 3. The number of carbonyl (C=O) groups excluding carboxylic acids is 1. The highest BCUT2D eigenvalue weighted by Crippen LogP contribution is 2.33. The van der Waals surface area contributed by atoms with E-state index in [-0.39, 0.29) is 5.91 Å². The minimum atomic E-state index is -0.000812. The second-order valence-electron chi connectivity index (χ2n) is 7.98. The Labute approximate surface area is 197 Å². The van der Waals surface area contributed by atoms with Crippen LogP contribution in [0.1, 0.15) is 10.4 Å². The lowest BCUT2D eigenvalue weighted by Crippen LogP contribution is -2.49. The number of benzene rings is 2. The molecule has 1 fully saturated rings. The zero-order chi connectivity index (χ0) is 23.5. The molecule has 0 bridgehead atoms. The SMILES string of the molecule is COc1ccc(-c2cc(C(=O)N3CCN(c4cnccn4)CC3)c3ccccc3n2)cc1OC. The molecule has 0 spiro atoms. The summed E-state index contributed by atoms with van der Waals surface area (Å²) < 4.78 is 10.8. The van der Waals surface area contributed by atoms with Gasteiger partial charge in [0.25, 0.3) is 5.91 Å². The molecule has 8 nitrogen and oxygen atoms in total. The summed E-state index contributed by atoms with van der Waals surface area (Å²) in [5.41, 5.74) is 2.98. The first-order valence-corrected chi connectivity index (χ1v) is 11.1. The molecule has 0 unspecified atom stereocenters. The summed E-state index contributed by atoms with van der Waals surface area (Å²) in [7, 11) is 3.21. The third-order valence-corrected chi connectivity index (χ3v) is 6.07. The van der Waals surface area contributed by atoms with E-state index in [2.05, 4.69) is 14.9 Å². The van der Waals surface area contributed by atoms with Gasteiger partial charge in [0, 0.05) is 49.5 Å². The Morgan fingerprint density at radius 3 is 2.44 bits per heavy atom. The summed E-state index contributed by atoms with van der Waals surface area (Å²) in [5.74, 6) is 2.09. The van der Waals surface area contributed by atoms with Gasteiger partial charge in [-0.25, -0.2) is 9.97 Å². The maximum absolute atomic E-state index is 13.7. The van der Waals surface area contributed by atoms with Crippen LogP contribution in [0.3, 0.4) is 0 Å². The minimum Gasteiger partial charge on any atom is -0.493 e. The molecular weight excluding hydrogens is 430 g/mol. The van der Waals surface area contributed by atoms with Crippen LogP contribution in [-0.4, -0.2) is 66.2 Å². The molecule has 3 heterocycles. The molecule has 1 aliphatic rings. The van der Waals surface area contributed by atoms with E-state index in [0.29, 0.717) is 48.9 Å². The van der Waals surface area contributed by atoms with Gasteiger partial charge in [-0.05, 0) is 30.3 Å². The first-order valence-electron chi connectivity index (χ1n) is 11.1. The fraction of sp³-hybridized carbons (Fsp3) is 0.231. The van der Waals surface area contributed by atoms with Crippen LogP contribution in [0.5, 0.6) is 11.5 Å². The zero-order valence-corrected chi connectivity index (χ0v) is 19.1. The Hall–Kier alpha value is -4.20. The lowest BCUT2D eigenvalue weighted by Gasteiger charge is -2.35. The molecule has 0 saturated carbocycles. The summed E-state index contributed by atoms with van der Waals surface area (Å²) in [6.07, 6.45) is 5.10. The number of amides is 1. The Bertz CT molecular complexity index is 1320. The summed E-state index contributed by atoms with van der Waals surface area (Å²) in [6, 6.07) is 15.3. The number of hydrogen-bond acceptors (Lipinski definition) is 7. The van der Waals surface area contributed by atoms with E-state index in [0.717, 1.165) is 22.3 Å². The number of rotatable bonds is 5. The van der Waals surface area contributed by atoms with Crippen molar-refractivity contribution in [2.24, 2.45) is 0 Å². The van der Waals surface area contributed by atoms with Crippen molar-refractivity contribution in [3.05, 3.63) is 72.7 Å². The largest absolute Gasteiger partial charge is 0.493 e. The molecule has 8 heteroatoms. The van der Waals surface area contributed by atoms with Gasteiger partial charge in [0.05, 0.1) is 37.2 Å². The predicted octanol–water partition coefficient (Wildman–Crippen LogP) is 3.67. The van der Waals surface area contributed by atoms with Crippen molar-refractivity contribution < 1.29 is 14.3 Å². The van der Waals surface area contributed by atoms with Crippen LogP contribution in [0.15, 0.2) is 67.1 Å². The van der Waals surface area contributed by atoms with E-state index in [1.807, 2.05) is 53.4 Å². The van der Waals surface area contributed by atoms with Gasteiger partial charge in [-0.2, -0.15) is 0 Å². The topological polar surface area (TPSA) is 80.7 Å². The number of carbonyl (C=O) groups is 1. The fourth-order valence-electron chi connectivity index (χ4n) is 4.26. The van der Waals surface area contributed by atoms with E-state index in [4.69, 9.17) is 14.5 Å². The minimum absolute atomic E-state index is 0.000812. The van der Waals surface area contributed by atoms with Crippen LogP contribution in [0, 0.1) is 0 Å². The Balaban J connectivity index is 1.47. The number of anilines is 1. The number of hydrogen-bond donors (Lipinski definition) is 0. The van der Waals surface area contributed by atoms with Crippen LogP contribution < -0.4 is 14.4 Å². The van der Waals surface area contributed by atoms with Crippen molar-refractivity contribution in [3.8, 4) is 22.8 Å². The maximum Gasteiger partial charge on any atom is 0.254 e. The molecule has 172 valence electrons. The quantitative estimate of drug-likeness (QED) is 0.454. The lowest BCUT2D eigenvalue weighted by molar-refractivity contribution is 0.0748. The fourth-order valence-corrected chi connectivity index (χ4v) is 4.26. The number of piperazine rings is 1. The summed E-state index contributed by atoms with van der Waals surface area (Å²) in [5, 5.41) is 0.841. The van der Waals surface area contributed by atoms with Crippen molar-refractivity contribution in [2.45, 2.75) is 0 Å². The molecule has 34 heavy (non-hydrogen) atoms. The number of fused-ring (bicyclic) bond motifs is 1. The number of pyridine rings is 1. The van der Waals surface area contributed by atoms with Crippen molar-refractivity contribution in [2.75, 3.05) is 45.3 Å². The van der Waals surface area contributed by atoms with E-state index < -0.39 is 0 Å². The van der Waals surface area contributed by atoms with Crippen LogP contribution in [0.4, 0.5) is 5.82 Å². The van der Waals surface area contributed by atoms with Gasteiger partial charge in [-0.1, -0.05) is 18.2 Å². The summed E-state index contributed by atoms with van der Waals surface area (Å²) in [6.45, 7) is 2.63. The molecule has 0 radical (unpaired) electrons. The highest BCUT2D eigenvalue weighted by molar-refractivity contribution is 6.07. The average Bonchev–Trinajstić information content (AvgIpc) is 2.92. The Kier molecular flexibility index (Phi) is 5.95. The van der Waals surface area contributed by atoms with Crippen LogP contribution in [-0.2, 0) is 0 Å². The molecule has 1 aliphatic heterocycles. The first kappa shape index (κ1) is 21.6. The highest BCUT2D eigenvalue weighted by Gasteiger charge is 2.25. The molecule has 2 aromatic carbocycles. The molecule has 1 saturated heterocycles. The molecule has 0 atom stereocenters. The first-order chi connectivity index (χ1) is 16.7. The molecule has 4 aromatic rings. The van der Waals surface area contributed by atoms with Crippen molar-refractivity contribution >= 4 is 22.6 Å². The second kappa shape index (κ2) is 9.35. The van der Waals surface area contributed by atoms with Gasteiger partial charge in [-0.15, -0.1) is 0 Å². The van der Waals surface area contributed by atoms with Gasteiger partial charge in [0.15, 0.2) is 11.5 Å². The van der Waals surface area contributed by atoms with Crippen LogP contribution in [0.2, 0.25) is 0 Å². The third kappa shape index (κ3) is 4.10. The molecular formula is C26H25N5O3. The van der Waals surface area contributed by atoms with Gasteiger partial charge in [0.2, 0.25) is 0 Å². The number of ether oxygens (including phenoxy) is 2. The van der Waals surface area contributed by atoms with Crippen LogP contribution in [0.25, 0.3) is 22.2 Å². The Morgan fingerprint density at radius 2 is 1.71 bits per heavy atom. The zero-order valence-electron chi connectivity index (χ0n) is 19.1. The molecule has 5 rings (SSSR count). The second-order valence-corrected chi connectivity index (χ2v) is 7.98. The summed E-state index contributed by atoms with van der Waals surface area (Å²) >= 11 is 0. The average molecular weight is 456 g/mol. The van der Waals surface area contributed by atoms with Gasteiger partial charge < -0.3 is 19.3 Å². The standard InChI is InChI=1S/C26H25N5O3/c1-33-23-8-7-18(15-24(23)34-2)22-16-20(19-5-3-4-6-21(19)29-22)26(32)31-13-11-30(12-14-31)25-17-27-9-10-28-25/h3-10,15-17H,11-14H2,1-2H3. The van der Waals surface area contributed by atoms with E-state index in [1.165, 1.54) is 0 Å². The molecule has 1 amide bonds. The normalized spacial score (nSPS) is 13.7. The van der Waals surface area contributed by atoms with Gasteiger partial charge >= 0.3 is 0 Å². The Morgan fingerprint density at radius 1 is 0.912 bits per heavy atom. The number of para-hydroxylation sites is 1. The molecule has 0 N–H and O–H groups in total. The van der Waals surface area contributed by atoms with E-state index in [9.17, 15) is 4.79 Å². The van der Waals surface area contributed by atoms with Gasteiger partial charge in [-0.3, -0.25) is 9.78 Å². The smallest absolute Gasteiger partial charge is 0.254 e. The number of methoxy groups -OCH3 is 2. The third-order valence-electron chi connectivity index (χ3n) is 6.07. The van der Waals surface area contributed by atoms with Crippen molar-refractivity contribution in [1.29, 1.82) is 0 Å². The number of nitrogens with zero attached hydrogens (tertiary/aromatic N) is 5. The van der Waals surface area contributed by atoms with Gasteiger partial charge in [0.1, 0.15) is 5.82 Å².